The molecule has 0 aliphatic heterocycles. The van der Waals surface area contributed by atoms with Gasteiger partial charge in [0, 0.05) is 23.0 Å². The van der Waals surface area contributed by atoms with Crippen LogP contribution in [-0.2, 0) is 0 Å². The minimum atomic E-state index is -0.355. The van der Waals surface area contributed by atoms with Crippen molar-refractivity contribution in [1.29, 1.82) is 0 Å². The van der Waals surface area contributed by atoms with E-state index in [0.717, 1.165) is 4.47 Å². The van der Waals surface area contributed by atoms with E-state index in [1.54, 1.807) is 17.5 Å². The SMILES string of the molecule is CC(=O)c1csc(NC(=O)c2ccc(Br)cn2)n1. The van der Waals surface area contributed by atoms with Gasteiger partial charge in [0.2, 0.25) is 0 Å². The number of nitrogens with one attached hydrogen (secondary N) is 1. The molecule has 0 unspecified atom stereocenters. The molecule has 7 heteroatoms. The molecule has 1 amide bonds. The predicted molar refractivity (Wildman–Crippen MR) is 72.0 cm³/mol. The van der Waals surface area contributed by atoms with Crippen LogP contribution in [0.1, 0.15) is 27.9 Å². The topological polar surface area (TPSA) is 72.0 Å². The highest BCUT2D eigenvalue weighted by Crippen LogP contribution is 2.16. The lowest BCUT2D eigenvalue weighted by Gasteiger charge is -2.00. The number of halogens is 1. The predicted octanol–water partition coefficient (Wildman–Crippen LogP) is 2.76. The first kappa shape index (κ1) is 12.8. The van der Waals surface area contributed by atoms with Crippen LogP contribution in [0.2, 0.25) is 0 Å². The van der Waals surface area contributed by atoms with Crippen molar-refractivity contribution in [2.24, 2.45) is 0 Å². The smallest absolute Gasteiger partial charge is 0.276 e. The Morgan fingerprint density at radius 3 is 2.67 bits per heavy atom. The first-order chi connectivity index (χ1) is 8.56. The molecule has 2 heterocycles. The van der Waals surface area contributed by atoms with Gasteiger partial charge < -0.3 is 0 Å². The molecule has 0 saturated carbocycles. The van der Waals surface area contributed by atoms with Crippen LogP contribution < -0.4 is 5.32 Å². The van der Waals surface area contributed by atoms with E-state index in [0.29, 0.717) is 10.8 Å². The van der Waals surface area contributed by atoms with Crippen LogP contribution in [0, 0.1) is 0 Å². The van der Waals surface area contributed by atoms with Gasteiger partial charge in [0.15, 0.2) is 10.9 Å². The van der Waals surface area contributed by atoms with E-state index >= 15 is 0 Å². The van der Waals surface area contributed by atoms with Crippen LogP contribution in [-0.4, -0.2) is 21.7 Å². The molecule has 5 nitrogen and oxygen atoms in total. The summed E-state index contributed by atoms with van der Waals surface area (Å²) in [6.45, 7) is 1.43. The maximum atomic E-state index is 11.8. The van der Waals surface area contributed by atoms with Gasteiger partial charge in [0.1, 0.15) is 11.4 Å². The highest BCUT2D eigenvalue weighted by Gasteiger charge is 2.11. The van der Waals surface area contributed by atoms with Crippen molar-refractivity contribution in [3.8, 4) is 0 Å². The van der Waals surface area contributed by atoms with E-state index in [1.807, 2.05) is 0 Å². The summed E-state index contributed by atoms with van der Waals surface area (Å²) >= 11 is 4.44. The zero-order valence-corrected chi connectivity index (χ0v) is 11.7. The normalized spacial score (nSPS) is 10.1. The molecule has 0 bridgehead atoms. The third kappa shape index (κ3) is 2.99. The lowest BCUT2D eigenvalue weighted by molar-refractivity contribution is 0.100. The van der Waals surface area contributed by atoms with Crippen LogP contribution in [0.15, 0.2) is 28.2 Å². The number of thiazole rings is 1. The molecule has 2 aromatic heterocycles. The largest absolute Gasteiger partial charge is 0.296 e. The van der Waals surface area contributed by atoms with E-state index in [-0.39, 0.29) is 17.4 Å². The van der Waals surface area contributed by atoms with Gasteiger partial charge >= 0.3 is 0 Å². The number of nitrogens with zero attached hydrogens (tertiary/aromatic N) is 2. The van der Waals surface area contributed by atoms with Crippen molar-refractivity contribution in [2.75, 3.05) is 5.32 Å². The number of amides is 1. The second-order valence-electron chi connectivity index (χ2n) is 3.41. The fourth-order valence-corrected chi connectivity index (χ4v) is 2.14. The number of hydrogen-bond acceptors (Lipinski definition) is 5. The lowest BCUT2D eigenvalue weighted by Crippen LogP contribution is -2.13. The van der Waals surface area contributed by atoms with E-state index < -0.39 is 0 Å². The minimum Gasteiger partial charge on any atom is -0.296 e. The minimum absolute atomic E-state index is 0.131. The first-order valence-corrected chi connectivity index (χ1v) is 6.63. The number of Topliss-reactive ketones (excluding diaryl/α,β-unsaturated/α-hetero) is 1. The van der Waals surface area contributed by atoms with Gasteiger partial charge in [-0.15, -0.1) is 11.3 Å². The molecule has 0 atom stereocenters. The molecular formula is C11H8BrN3O2S. The Kier molecular flexibility index (Phi) is 3.83. The quantitative estimate of drug-likeness (QED) is 0.881. The van der Waals surface area contributed by atoms with Gasteiger partial charge in [0.25, 0.3) is 5.91 Å². The summed E-state index contributed by atoms with van der Waals surface area (Å²) in [5.74, 6) is -0.486. The average molecular weight is 326 g/mol. The zero-order valence-electron chi connectivity index (χ0n) is 9.31. The number of aromatic nitrogens is 2. The summed E-state index contributed by atoms with van der Waals surface area (Å²) in [4.78, 5) is 30.8. The molecule has 0 spiro atoms. The van der Waals surface area contributed by atoms with Gasteiger partial charge in [-0.05, 0) is 28.1 Å². The maximum Gasteiger partial charge on any atom is 0.276 e. The fraction of sp³-hybridized carbons (Fsp3) is 0.0909. The van der Waals surface area contributed by atoms with E-state index in [2.05, 4.69) is 31.2 Å². The third-order valence-corrected chi connectivity index (χ3v) is 3.27. The molecule has 92 valence electrons. The first-order valence-electron chi connectivity index (χ1n) is 4.95. The highest BCUT2D eigenvalue weighted by molar-refractivity contribution is 9.10. The number of carbonyl (C=O) groups is 2. The van der Waals surface area contributed by atoms with Crippen molar-refractivity contribution >= 4 is 44.1 Å². The molecule has 18 heavy (non-hydrogen) atoms. The summed E-state index contributed by atoms with van der Waals surface area (Å²) in [6, 6.07) is 3.32. The summed E-state index contributed by atoms with van der Waals surface area (Å²) in [6.07, 6.45) is 1.54. The second-order valence-corrected chi connectivity index (χ2v) is 5.18. The lowest BCUT2D eigenvalue weighted by atomic mass is 10.3. The van der Waals surface area contributed by atoms with Gasteiger partial charge in [-0.3, -0.25) is 14.9 Å². The summed E-state index contributed by atoms with van der Waals surface area (Å²) < 4.78 is 0.798. The molecule has 0 fully saturated rings. The van der Waals surface area contributed by atoms with Crippen molar-refractivity contribution in [3.05, 3.63) is 39.6 Å². The molecule has 0 aliphatic rings. The molecule has 0 aliphatic carbocycles. The maximum absolute atomic E-state index is 11.8. The Labute approximate surface area is 115 Å². The van der Waals surface area contributed by atoms with E-state index in [4.69, 9.17) is 0 Å². The fourth-order valence-electron chi connectivity index (χ4n) is 1.16. The third-order valence-electron chi connectivity index (χ3n) is 2.05. The molecule has 0 radical (unpaired) electrons. The number of ketones is 1. The van der Waals surface area contributed by atoms with Gasteiger partial charge in [-0.2, -0.15) is 0 Å². The Bertz CT molecular complexity index is 595. The van der Waals surface area contributed by atoms with Crippen LogP contribution in [0.5, 0.6) is 0 Å². The molecular weight excluding hydrogens is 318 g/mol. The number of anilines is 1. The molecule has 2 aromatic rings. The number of pyridine rings is 1. The van der Waals surface area contributed by atoms with Crippen LogP contribution in [0.25, 0.3) is 0 Å². The number of carbonyl (C=O) groups excluding carboxylic acids is 2. The Hall–Kier alpha value is -1.60. The van der Waals surface area contributed by atoms with Crippen molar-refractivity contribution in [3.63, 3.8) is 0 Å². The van der Waals surface area contributed by atoms with Crippen molar-refractivity contribution < 1.29 is 9.59 Å². The van der Waals surface area contributed by atoms with Gasteiger partial charge in [-0.1, -0.05) is 0 Å². The van der Waals surface area contributed by atoms with Gasteiger partial charge in [0.05, 0.1) is 0 Å². The van der Waals surface area contributed by atoms with E-state index in [1.165, 1.54) is 24.5 Å². The molecule has 1 N–H and O–H groups in total. The standard InChI is InChI=1S/C11H8BrN3O2S/c1-6(16)9-5-18-11(14-9)15-10(17)8-3-2-7(12)4-13-8/h2-5H,1H3,(H,14,15,17). The Morgan fingerprint density at radius 2 is 2.11 bits per heavy atom. The number of hydrogen-bond donors (Lipinski definition) is 1. The highest BCUT2D eigenvalue weighted by atomic mass is 79.9. The molecule has 2 rings (SSSR count). The summed E-state index contributed by atoms with van der Waals surface area (Å²) in [5.41, 5.74) is 0.636. The monoisotopic (exact) mass is 325 g/mol. The molecule has 0 aromatic carbocycles. The van der Waals surface area contributed by atoms with Crippen LogP contribution in [0.3, 0.4) is 0 Å². The Morgan fingerprint density at radius 1 is 1.33 bits per heavy atom. The van der Waals surface area contributed by atoms with Crippen molar-refractivity contribution in [2.45, 2.75) is 6.92 Å². The van der Waals surface area contributed by atoms with Crippen LogP contribution >= 0.6 is 27.3 Å². The average Bonchev–Trinajstić information content (AvgIpc) is 2.78. The summed E-state index contributed by atoms with van der Waals surface area (Å²) in [7, 11) is 0. The van der Waals surface area contributed by atoms with Gasteiger partial charge in [-0.25, -0.2) is 9.97 Å². The molecule has 0 saturated heterocycles. The van der Waals surface area contributed by atoms with E-state index in [9.17, 15) is 9.59 Å². The number of rotatable bonds is 3. The Balaban J connectivity index is 2.11. The van der Waals surface area contributed by atoms with Crippen molar-refractivity contribution in [1.82, 2.24) is 9.97 Å². The zero-order chi connectivity index (χ0) is 13.1. The van der Waals surface area contributed by atoms with Crippen LogP contribution in [0.4, 0.5) is 5.13 Å². The second kappa shape index (κ2) is 5.36. The summed E-state index contributed by atoms with van der Waals surface area (Å²) in [5, 5.41) is 4.58.